The molecule has 0 atom stereocenters. The van der Waals surface area contributed by atoms with Crippen LogP contribution in [0.4, 0.5) is 5.82 Å². The van der Waals surface area contributed by atoms with Crippen LogP contribution in [0, 0.1) is 0 Å². The van der Waals surface area contributed by atoms with Gasteiger partial charge >= 0.3 is 0 Å². The molecule has 0 aliphatic rings. The third-order valence-electron chi connectivity index (χ3n) is 2.94. The highest BCUT2D eigenvalue weighted by Crippen LogP contribution is 2.33. The van der Waals surface area contributed by atoms with Gasteiger partial charge in [-0.2, -0.15) is 0 Å². The first-order valence-electron chi connectivity index (χ1n) is 7.23. The van der Waals surface area contributed by atoms with Gasteiger partial charge in [-0.3, -0.25) is 0 Å². The molecule has 1 N–H and O–H groups in total. The molecule has 20 heavy (non-hydrogen) atoms. The second-order valence-corrected chi connectivity index (χ2v) is 4.45. The van der Waals surface area contributed by atoms with Crippen molar-refractivity contribution in [3.8, 4) is 11.5 Å². The van der Waals surface area contributed by atoms with E-state index >= 15 is 0 Å². The number of anilines is 1. The SMILES string of the molecule is CCCNc1ccc2c(OCC)ccc(OCC)c2n1. The minimum Gasteiger partial charge on any atom is -0.493 e. The van der Waals surface area contributed by atoms with Gasteiger partial charge in [0.15, 0.2) is 0 Å². The summed E-state index contributed by atoms with van der Waals surface area (Å²) in [4.78, 5) is 4.66. The second kappa shape index (κ2) is 6.98. The summed E-state index contributed by atoms with van der Waals surface area (Å²) < 4.78 is 11.3. The van der Waals surface area contributed by atoms with Crippen molar-refractivity contribution in [2.75, 3.05) is 25.1 Å². The van der Waals surface area contributed by atoms with Gasteiger partial charge in [-0.1, -0.05) is 6.92 Å². The number of benzene rings is 1. The highest BCUT2D eigenvalue weighted by atomic mass is 16.5. The Morgan fingerprint density at radius 1 is 0.950 bits per heavy atom. The fourth-order valence-electron chi connectivity index (χ4n) is 2.07. The van der Waals surface area contributed by atoms with E-state index in [4.69, 9.17) is 9.47 Å². The lowest BCUT2D eigenvalue weighted by molar-refractivity contribution is 0.336. The lowest BCUT2D eigenvalue weighted by atomic mass is 10.2. The quantitative estimate of drug-likeness (QED) is 0.832. The first-order valence-corrected chi connectivity index (χ1v) is 7.23. The van der Waals surface area contributed by atoms with E-state index in [2.05, 4.69) is 17.2 Å². The van der Waals surface area contributed by atoms with Crippen LogP contribution in [-0.4, -0.2) is 24.7 Å². The second-order valence-electron chi connectivity index (χ2n) is 4.45. The molecule has 0 spiro atoms. The summed E-state index contributed by atoms with van der Waals surface area (Å²) in [6.07, 6.45) is 1.07. The summed E-state index contributed by atoms with van der Waals surface area (Å²) in [6, 6.07) is 7.88. The number of nitrogens with zero attached hydrogens (tertiary/aromatic N) is 1. The number of hydrogen-bond donors (Lipinski definition) is 1. The predicted molar refractivity (Wildman–Crippen MR) is 82.9 cm³/mol. The van der Waals surface area contributed by atoms with Gasteiger partial charge in [0.1, 0.15) is 22.8 Å². The molecular formula is C16H22N2O2. The Hall–Kier alpha value is -1.97. The lowest BCUT2D eigenvalue weighted by Crippen LogP contribution is -2.03. The number of aromatic nitrogens is 1. The maximum Gasteiger partial charge on any atom is 0.145 e. The molecule has 2 aromatic rings. The highest BCUT2D eigenvalue weighted by molar-refractivity contribution is 5.91. The van der Waals surface area contributed by atoms with Crippen LogP contribution in [0.2, 0.25) is 0 Å². The predicted octanol–water partition coefficient (Wildman–Crippen LogP) is 3.85. The van der Waals surface area contributed by atoms with Crippen LogP contribution >= 0.6 is 0 Å². The van der Waals surface area contributed by atoms with E-state index in [1.54, 1.807) is 0 Å². The summed E-state index contributed by atoms with van der Waals surface area (Å²) in [5, 5.41) is 4.29. The number of hydrogen-bond acceptors (Lipinski definition) is 4. The normalized spacial score (nSPS) is 10.6. The summed E-state index contributed by atoms with van der Waals surface area (Å²) >= 11 is 0. The number of ether oxygens (including phenoxy) is 2. The zero-order chi connectivity index (χ0) is 14.4. The van der Waals surface area contributed by atoms with E-state index in [9.17, 15) is 0 Å². The molecule has 0 aliphatic carbocycles. The van der Waals surface area contributed by atoms with Crippen molar-refractivity contribution in [1.82, 2.24) is 4.98 Å². The first kappa shape index (κ1) is 14.4. The molecule has 2 rings (SSSR count). The van der Waals surface area contributed by atoms with E-state index in [1.165, 1.54) is 0 Å². The van der Waals surface area contributed by atoms with Crippen molar-refractivity contribution >= 4 is 16.7 Å². The van der Waals surface area contributed by atoms with E-state index in [0.717, 1.165) is 41.2 Å². The summed E-state index contributed by atoms with van der Waals surface area (Å²) in [5.74, 6) is 2.51. The standard InChI is InChI=1S/C16H22N2O2/c1-4-11-17-15-10-7-12-13(19-5-2)8-9-14(20-6-3)16(12)18-15/h7-10H,4-6,11H2,1-3H3,(H,17,18). The summed E-state index contributed by atoms with van der Waals surface area (Å²) in [6.45, 7) is 8.26. The Labute approximate surface area is 120 Å². The van der Waals surface area contributed by atoms with Gasteiger partial charge < -0.3 is 14.8 Å². The Bertz CT molecular complexity index is 570. The summed E-state index contributed by atoms with van der Waals surface area (Å²) in [5.41, 5.74) is 0.846. The van der Waals surface area contributed by atoms with E-state index < -0.39 is 0 Å². The van der Waals surface area contributed by atoms with E-state index in [1.807, 2.05) is 38.1 Å². The molecule has 0 unspecified atom stereocenters. The number of rotatable bonds is 7. The van der Waals surface area contributed by atoms with Gasteiger partial charge in [0.2, 0.25) is 0 Å². The minimum absolute atomic E-state index is 0.622. The largest absolute Gasteiger partial charge is 0.493 e. The van der Waals surface area contributed by atoms with Gasteiger partial charge in [0, 0.05) is 11.9 Å². The molecule has 1 aromatic heterocycles. The average Bonchev–Trinajstić information content (AvgIpc) is 2.48. The maximum absolute atomic E-state index is 5.67. The maximum atomic E-state index is 5.67. The molecule has 0 radical (unpaired) electrons. The lowest BCUT2D eigenvalue weighted by Gasteiger charge is -2.13. The molecule has 4 heteroatoms. The Kier molecular flexibility index (Phi) is 5.04. The average molecular weight is 274 g/mol. The van der Waals surface area contributed by atoms with Crippen molar-refractivity contribution < 1.29 is 9.47 Å². The molecule has 0 saturated carbocycles. The van der Waals surface area contributed by atoms with E-state index in [-0.39, 0.29) is 0 Å². The first-order chi connectivity index (χ1) is 9.80. The van der Waals surface area contributed by atoms with Crippen LogP contribution in [-0.2, 0) is 0 Å². The zero-order valence-corrected chi connectivity index (χ0v) is 12.4. The fourth-order valence-corrected chi connectivity index (χ4v) is 2.07. The third-order valence-corrected chi connectivity index (χ3v) is 2.94. The molecular weight excluding hydrogens is 252 g/mol. The van der Waals surface area contributed by atoms with Crippen LogP contribution < -0.4 is 14.8 Å². The van der Waals surface area contributed by atoms with Crippen molar-refractivity contribution in [3.05, 3.63) is 24.3 Å². The third kappa shape index (κ3) is 3.13. The van der Waals surface area contributed by atoms with Crippen LogP contribution in [0.5, 0.6) is 11.5 Å². The van der Waals surface area contributed by atoms with Gasteiger partial charge in [0.25, 0.3) is 0 Å². The smallest absolute Gasteiger partial charge is 0.145 e. The molecule has 0 fully saturated rings. The molecule has 108 valence electrons. The van der Waals surface area contributed by atoms with Crippen molar-refractivity contribution in [1.29, 1.82) is 0 Å². The van der Waals surface area contributed by atoms with Crippen LogP contribution in [0.15, 0.2) is 24.3 Å². The van der Waals surface area contributed by atoms with Gasteiger partial charge in [0.05, 0.1) is 13.2 Å². The molecule has 0 amide bonds. The van der Waals surface area contributed by atoms with Gasteiger partial charge in [-0.25, -0.2) is 4.98 Å². The van der Waals surface area contributed by atoms with Gasteiger partial charge in [-0.05, 0) is 44.5 Å². The number of fused-ring (bicyclic) bond motifs is 1. The van der Waals surface area contributed by atoms with Crippen LogP contribution in [0.1, 0.15) is 27.2 Å². The molecule has 4 nitrogen and oxygen atoms in total. The van der Waals surface area contributed by atoms with Gasteiger partial charge in [-0.15, -0.1) is 0 Å². The number of pyridine rings is 1. The summed E-state index contributed by atoms with van der Waals surface area (Å²) in [7, 11) is 0. The van der Waals surface area contributed by atoms with E-state index in [0.29, 0.717) is 13.2 Å². The van der Waals surface area contributed by atoms with Crippen LogP contribution in [0.25, 0.3) is 10.9 Å². The molecule has 0 saturated heterocycles. The van der Waals surface area contributed by atoms with Crippen molar-refractivity contribution in [2.45, 2.75) is 27.2 Å². The molecule has 1 heterocycles. The fraction of sp³-hybridized carbons (Fsp3) is 0.438. The number of nitrogens with one attached hydrogen (secondary N) is 1. The zero-order valence-electron chi connectivity index (χ0n) is 12.4. The topological polar surface area (TPSA) is 43.4 Å². The molecule has 1 aromatic carbocycles. The molecule has 0 bridgehead atoms. The highest BCUT2D eigenvalue weighted by Gasteiger charge is 2.10. The molecule has 0 aliphatic heterocycles. The minimum atomic E-state index is 0.622. The Morgan fingerprint density at radius 3 is 2.35 bits per heavy atom. The van der Waals surface area contributed by atoms with Crippen LogP contribution in [0.3, 0.4) is 0 Å². The van der Waals surface area contributed by atoms with Crippen molar-refractivity contribution in [3.63, 3.8) is 0 Å². The monoisotopic (exact) mass is 274 g/mol. The Morgan fingerprint density at radius 2 is 1.65 bits per heavy atom. The van der Waals surface area contributed by atoms with Crippen molar-refractivity contribution in [2.24, 2.45) is 0 Å². The Balaban J connectivity index is 2.47.